The predicted molar refractivity (Wildman–Crippen MR) is 67.7 cm³/mol. The third-order valence-corrected chi connectivity index (χ3v) is 3.52. The zero-order valence-electron chi connectivity index (χ0n) is 9.68. The topological polar surface area (TPSA) is 29.9 Å². The van der Waals surface area contributed by atoms with Crippen molar-refractivity contribution < 1.29 is 0 Å². The second-order valence-corrected chi connectivity index (χ2v) is 4.81. The Balaban J connectivity index is 2.07. The van der Waals surface area contributed by atoms with E-state index < -0.39 is 0 Å². The van der Waals surface area contributed by atoms with Gasteiger partial charge in [0.15, 0.2) is 0 Å². The fraction of sp³-hybridized carbons (Fsp3) is 0.417. The van der Waals surface area contributed by atoms with Gasteiger partial charge in [-0.2, -0.15) is 0 Å². The van der Waals surface area contributed by atoms with Crippen LogP contribution in [0.5, 0.6) is 0 Å². The second-order valence-electron chi connectivity index (χ2n) is 3.83. The first-order valence-corrected chi connectivity index (χ1v) is 6.41. The smallest absolute Gasteiger partial charge is 0.0794 e. The van der Waals surface area contributed by atoms with Crippen LogP contribution in [-0.4, -0.2) is 16.6 Å². The maximum atomic E-state index is 4.09. The van der Waals surface area contributed by atoms with Crippen molar-refractivity contribution in [2.75, 3.05) is 7.05 Å². The Hall–Kier alpha value is -1.13. The molecular weight excluding hydrogens is 218 g/mol. The van der Waals surface area contributed by atoms with Gasteiger partial charge in [0.25, 0.3) is 0 Å². The molecule has 1 unspecified atom stereocenters. The molecule has 0 fully saturated rings. The van der Waals surface area contributed by atoms with Gasteiger partial charge < -0.3 is 9.88 Å². The molecule has 0 aliphatic heterocycles. The highest BCUT2D eigenvalue weighted by Gasteiger charge is 2.07. The van der Waals surface area contributed by atoms with Gasteiger partial charge in [0.1, 0.15) is 0 Å². The molecular formula is C12H17N3S. The van der Waals surface area contributed by atoms with Crippen LogP contribution in [0.25, 0.3) is 0 Å². The van der Waals surface area contributed by atoms with Gasteiger partial charge in [0, 0.05) is 29.5 Å². The van der Waals surface area contributed by atoms with Crippen molar-refractivity contribution in [1.82, 2.24) is 14.9 Å². The first-order chi connectivity index (χ1) is 7.83. The Morgan fingerprint density at radius 2 is 2.44 bits per heavy atom. The van der Waals surface area contributed by atoms with Gasteiger partial charge in [-0.3, -0.25) is 4.98 Å². The lowest BCUT2D eigenvalue weighted by Crippen LogP contribution is -2.14. The Morgan fingerprint density at radius 3 is 3.06 bits per heavy atom. The Labute approximate surface area is 100 Å². The van der Waals surface area contributed by atoms with E-state index in [1.54, 1.807) is 11.3 Å². The minimum absolute atomic E-state index is 0.461. The molecule has 3 nitrogen and oxygen atoms in total. The molecule has 0 aliphatic carbocycles. The fourth-order valence-electron chi connectivity index (χ4n) is 1.87. The molecule has 1 N–H and O–H groups in total. The normalized spacial score (nSPS) is 12.9. The molecule has 0 aliphatic rings. The number of rotatable bonds is 5. The molecule has 2 aromatic rings. The van der Waals surface area contributed by atoms with Crippen LogP contribution in [0, 0.1) is 0 Å². The summed E-state index contributed by atoms with van der Waals surface area (Å²) in [6.07, 6.45) is 7.39. The summed E-state index contributed by atoms with van der Waals surface area (Å²) in [6, 6.07) is 2.65. The SMILES string of the molecule is CCC(NC)c1ccn(Cc2cncs2)c1. The van der Waals surface area contributed by atoms with Crippen LogP contribution in [0.1, 0.15) is 29.8 Å². The van der Waals surface area contributed by atoms with E-state index in [1.165, 1.54) is 10.4 Å². The van der Waals surface area contributed by atoms with Crippen LogP contribution < -0.4 is 5.32 Å². The zero-order valence-corrected chi connectivity index (χ0v) is 10.5. The van der Waals surface area contributed by atoms with Crippen molar-refractivity contribution in [3.05, 3.63) is 40.6 Å². The lowest BCUT2D eigenvalue weighted by molar-refractivity contribution is 0.575. The van der Waals surface area contributed by atoms with E-state index in [0.717, 1.165) is 13.0 Å². The molecule has 0 radical (unpaired) electrons. The van der Waals surface area contributed by atoms with Crippen LogP contribution in [0.3, 0.4) is 0 Å². The molecule has 2 heterocycles. The summed E-state index contributed by atoms with van der Waals surface area (Å²) in [4.78, 5) is 5.38. The van der Waals surface area contributed by atoms with Crippen molar-refractivity contribution in [1.29, 1.82) is 0 Å². The lowest BCUT2D eigenvalue weighted by atomic mass is 10.1. The van der Waals surface area contributed by atoms with Crippen molar-refractivity contribution in [3.63, 3.8) is 0 Å². The highest BCUT2D eigenvalue weighted by atomic mass is 32.1. The summed E-state index contributed by atoms with van der Waals surface area (Å²) in [5, 5.41) is 3.32. The van der Waals surface area contributed by atoms with Crippen molar-refractivity contribution in [2.24, 2.45) is 0 Å². The number of thiazole rings is 1. The number of hydrogen-bond donors (Lipinski definition) is 1. The Morgan fingerprint density at radius 1 is 1.56 bits per heavy atom. The van der Waals surface area contributed by atoms with E-state index in [4.69, 9.17) is 0 Å². The molecule has 4 heteroatoms. The number of nitrogens with one attached hydrogen (secondary N) is 1. The van der Waals surface area contributed by atoms with Gasteiger partial charge in [-0.25, -0.2) is 0 Å². The van der Waals surface area contributed by atoms with E-state index in [0.29, 0.717) is 6.04 Å². The minimum atomic E-state index is 0.461. The monoisotopic (exact) mass is 235 g/mol. The van der Waals surface area contributed by atoms with E-state index in [2.05, 4.69) is 40.3 Å². The van der Waals surface area contributed by atoms with Crippen LogP contribution >= 0.6 is 11.3 Å². The third kappa shape index (κ3) is 2.51. The largest absolute Gasteiger partial charge is 0.349 e. The zero-order chi connectivity index (χ0) is 11.4. The van der Waals surface area contributed by atoms with Crippen LogP contribution in [0.15, 0.2) is 30.2 Å². The quantitative estimate of drug-likeness (QED) is 0.863. The number of hydrogen-bond acceptors (Lipinski definition) is 3. The van der Waals surface area contributed by atoms with Gasteiger partial charge >= 0.3 is 0 Å². The van der Waals surface area contributed by atoms with E-state index in [1.807, 2.05) is 18.8 Å². The molecule has 0 spiro atoms. The van der Waals surface area contributed by atoms with Crippen molar-refractivity contribution >= 4 is 11.3 Å². The molecule has 16 heavy (non-hydrogen) atoms. The average Bonchev–Trinajstić information content (AvgIpc) is 2.93. The molecule has 0 saturated heterocycles. The minimum Gasteiger partial charge on any atom is -0.349 e. The van der Waals surface area contributed by atoms with E-state index in [-0.39, 0.29) is 0 Å². The van der Waals surface area contributed by atoms with Crippen LogP contribution in [0.4, 0.5) is 0 Å². The third-order valence-electron chi connectivity index (χ3n) is 2.75. The summed E-state index contributed by atoms with van der Waals surface area (Å²) < 4.78 is 2.21. The Bertz CT molecular complexity index is 415. The molecule has 1 atom stereocenters. The first-order valence-electron chi connectivity index (χ1n) is 5.53. The standard InChI is InChI=1S/C12H17N3S/c1-3-12(13-2)10-4-5-15(7-10)8-11-6-14-9-16-11/h4-7,9,12-13H,3,8H2,1-2H3. The van der Waals surface area contributed by atoms with Crippen LogP contribution in [0.2, 0.25) is 0 Å². The predicted octanol–water partition coefficient (Wildman–Crippen LogP) is 2.66. The lowest BCUT2D eigenvalue weighted by Gasteiger charge is -2.11. The average molecular weight is 235 g/mol. The van der Waals surface area contributed by atoms with Crippen LogP contribution in [-0.2, 0) is 6.54 Å². The first kappa shape index (κ1) is 11.4. The van der Waals surface area contributed by atoms with Gasteiger partial charge in [-0.05, 0) is 25.1 Å². The van der Waals surface area contributed by atoms with E-state index in [9.17, 15) is 0 Å². The molecule has 2 rings (SSSR count). The molecule has 2 aromatic heterocycles. The second kappa shape index (κ2) is 5.27. The molecule has 0 amide bonds. The van der Waals surface area contributed by atoms with Crippen molar-refractivity contribution in [3.8, 4) is 0 Å². The molecule has 0 aromatic carbocycles. The van der Waals surface area contributed by atoms with Gasteiger partial charge in [0.05, 0.1) is 12.1 Å². The molecule has 86 valence electrons. The molecule has 0 bridgehead atoms. The summed E-state index contributed by atoms with van der Waals surface area (Å²) in [6.45, 7) is 3.12. The summed E-state index contributed by atoms with van der Waals surface area (Å²) in [5.41, 5.74) is 3.23. The van der Waals surface area contributed by atoms with Gasteiger partial charge in [-0.1, -0.05) is 6.92 Å². The van der Waals surface area contributed by atoms with Crippen molar-refractivity contribution in [2.45, 2.75) is 25.9 Å². The summed E-state index contributed by atoms with van der Waals surface area (Å²) in [5.74, 6) is 0. The highest BCUT2D eigenvalue weighted by molar-refractivity contribution is 7.09. The van der Waals surface area contributed by atoms with E-state index >= 15 is 0 Å². The maximum Gasteiger partial charge on any atom is 0.0794 e. The van der Waals surface area contributed by atoms with Gasteiger partial charge in [0.2, 0.25) is 0 Å². The fourth-order valence-corrected chi connectivity index (χ4v) is 2.47. The number of aromatic nitrogens is 2. The summed E-state index contributed by atoms with van der Waals surface area (Å²) >= 11 is 1.70. The van der Waals surface area contributed by atoms with Gasteiger partial charge in [-0.15, -0.1) is 11.3 Å². The molecule has 0 saturated carbocycles. The summed E-state index contributed by atoms with van der Waals surface area (Å²) in [7, 11) is 2.01. The maximum absolute atomic E-state index is 4.09. The highest BCUT2D eigenvalue weighted by Crippen LogP contribution is 2.17. The Kier molecular flexibility index (Phi) is 3.74. The number of nitrogens with zero attached hydrogens (tertiary/aromatic N) is 2.